The second kappa shape index (κ2) is 6.04. The smallest absolute Gasteiger partial charge is 0.323 e. The van der Waals surface area contributed by atoms with Crippen molar-refractivity contribution in [1.29, 1.82) is 0 Å². The largest absolute Gasteiger partial charge is 0.460 e. The summed E-state index contributed by atoms with van der Waals surface area (Å²) in [6.45, 7) is 2.23. The van der Waals surface area contributed by atoms with Crippen LogP contribution in [0, 0.1) is 5.92 Å². The van der Waals surface area contributed by atoms with Crippen molar-refractivity contribution in [2.24, 2.45) is 5.92 Å². The maximum Gasteiger partial charge on any atom is 0.323 e. The van der Waals surface area contributed by atoms with Crippen LogP contribution in [0.4, 0.5) is 11.9 Å². The van der Waals surface area contributed by atoms with E-state index in [1.165, 1.54) is 19.3 Å². The Kier molecular flexibility index (Phi) is 4.39. The number of hydrogen-bond donors (Lipinski definition) is 1. The molecule has 0 spiro atoms. The molecule has 1 heterocycles. The van der Waals surface area contributed by atoms with Crippen LogP contribution in [0.2, 0.25) is 0 Å². The van der Waals surface area contributed by atoms with Crippen molar-refractivity contribution in [2.75, 3.05) is 24.7 Å². The van der Waals surface area contributed by atoms with Gasteiger partial charge >= 0.3 is 6.01 Å². The van der Waals surface area contributed by atoms with E-state index in [9.17, 15) is 0 Å². The molecule has 1 aromatic rings. The first-order valence-electron chi connectivity index (χ1n) is 6.94. The number of nitrogens with zero attached hydrogens (tertiary/aromatic N) is 4. The van der Waals surface area contributed by atoms with Crippen molar-refractivity contribution >= 4 is 11.9 Å². The Bertz CT molecular complexity index is 423. The predicted octanol–water partition coefficient (Wildman–Crippen LogP) is 1.87. The van der Waals surface area contributed by atoms with Crippen LogP contribution in [0.15, 0.2) is 0 Å². The Labute approximate surface area is 114 Å². The van der Waals surface area contributed by atoms with E-state index in [4.69, 9.17) is 10.5 Å². The van der Waals surface area contributed by atoms with Gasteiger partial charge in [-0.25, -0.2) is 0 Å². The molecule has 0 saturated heterocycles. The van der Waals surface area contributed by atoms with Gasteiger partial charge in [0.2, 0.25) is 11.9 Å². The minimum Gasteiger partial charge on any atom is -0.460 e. The molecule has 2 unspecified atom stereocenters. The minimum atomic E-state index is 0.204. The Morgan fingerprint density at radius 3 is 2.74 bits per heavy atom. The molecule has 0 radical (unpaired) electrons. The van der Waals surface area contributed by atoms with Gasteiger partial charge in [-0.15, -0.1) is 0 Å². The maximum absolute atomic E-state index is 5.89. The molecule has 106 valence electrons. The minimum absolute atomic E-state index is 0.204. The van der Waals surface area contributed by atoms with Crippen LogP contribution in [0.25, 0.3) is 0 Å². The average Bonchev–Trinajstić information content (AvgIpc) is 2.38. The van der Waals surface area contributed by atoms with Crippen molar-refractivity contribution in [1.82, 2.24) is 15.0 Å². The first-order valence-corrected chi connectivity index (χ1v) is 6.94. The molecular weight excluding hydrogens is 242 g/mol. The van der Waals surface area contributed by atoms with Crippen molar-refractivity contribution < 1.29 is 4.74 Å². The third kappa shape index (κ3) is 3.68. The zero-order chi connectivity index (χ0) is 13.8. The topological polar surface area (TPSA) is 77.2 Å². The molecule has 2 N–H and O–H groups in total. The lowest BCUT2D eigenvalue weighted by Crippen LogP contribution is -2.26. The summed E-state index contributed by atoms with van der Waals surface area (Å²) in [6, 6.07) is 0.345. The van der Waals surface area contributed by atoms with Crippen LogP contribution >= 0.6 is 0 Å². The van der Waals surface area contributed by atoms with E-state index in [1.807, 2.05) is 14.1 Å². The van der Waals surface area contributed by atoms with E-state index in [2.05, 4.69) is 21.9 Å². The highest BCUT2D eigenvalue weighted by molar-refractivity contribution is 5.33. The number of aromatic nitrogens is 3. The lowest BCUT2D eigenvalue weighted by atomic mass is 9.86. The van der Waals surface area contributed by atoms with E-state index in [-0.39, 0.29) is 12.1 Å². The summed E-state index contributed by atoms with van der Waals surface area (Å²) >= 11 is 0. The van der Waals surface area contributed by atoms with E-state index in [0.29, 0.717) is 12.0 Å². The fraction of sp³-hybridized carbons (Fsp3) is 0.769. The quantitative estimate of drug-likeness (QED) is 0.895. The predicted molar refractivity (Wildman–Crippen MR) is 75.2 cm³/mol. The maximum atomic E-state index is 5.89. The van der Waals surface area contributed by atoms with Gasteiger partial charge in [-0.2, -0.15) is 15.0 Å². The van der Waals surface area contributed by atoms with Gasteiger partial charge < -0.3 is 15.4 Å². The molecule has 6 nitrogen and oxygen atoms in total. The molecule has 6 heteroatoms. The number of hydrogen-bond acceptors (Lipinski definition) is 6. The van der Waals surface area contributed by atoms with E-state index < -0.39 is 0 Å². The zero-order valence-electron chi connectivity index (χ0n) is 12.0. The van der Waals surface area contributed by atoms with Gasteiger partial charge in [0.1, 0.15) is 6.10 Å². The van der Waals surface area contributed by atoms with Gasteiger partial charge in [0.25, 0.3) is 0 Å². The summed E-state index contributed by atoms with van der Waals surface area (Å²) < 4.78 is 5.89. The summed E-state index contributed by atoms with van der Waals surface area (Å²) in [6.07, 6.45) is 6.08. The first kappa shape index (κ1) is 13.8. The Morgan fingerprint density at radius 2 is 2.05 bits per heavy atom. The van der Waals surface area contributed by atoms with Crippen LogP contribution in [-0.2, 0) is 0 Å². The Hall–Kier alpha value is -1.59. The SMILES string of the molecule is CCC1CCCC(Oc2nc(N)nc(N(C)C)n2)C1. The lowest BCUT2D eigenvalue weighted by Gasteiger charge is -2.28. The molecule has 1 fully saturated rings. The number of nitrogens with two attached hydrogens (primary N) is 1. The normalized spacial score (nSPS) is 23.1. The monoisotopic (exact) mass is 265 g/mol. The van der Waals surface area contributed by atoms with Gasteiger partial charge in [-0.1, -0.05) is 19.8 Å². The highest BCUT2D eigenvalue weighted by Crippen LogP contribution is 2.29. The summed E-state index contributed by atoms with van der Waals surface area (Å²) in [5.74, 6) is 1.49. The molecule has 19 heavy (non-hydrogen) atoms. The molecule has 1 saturated carbocycles. The summed E-state index contributed by atoms with van der Waals surface area (Å²) in [7, 11) is 3.73. The average molecular weight is 265 g/mol. The van der Waals surface area contributed by atoms with Crippen molar-refractivity contribution in [3.8, 4) is 6.01 Å². The summed E-state index contributed by atoms with van der Waals surface area (Å²) in [4.78, 5) is 14.2. The molecule has 1 aromatic heterocycles. The van der Waals surface area contributed by atoms with Crippen LogP contribution in [0.3, 0.4) is 0 Å². The molecule has 2 rings (SSSR count). The fourth-order valence-corrected chi connectivity index (χ4v) is 2.48. The lowest BCUT2D eigenvalue weighted by molar-refractivity contribution is 0.112. The second-order valence-corrected chi connectivity index (χ2v) is 5.35. The first-order chi connectivity index (χ1) is 9.08. The molecule has 0 bridgehead atoms. The molecule has 1 aliphatic rings. The van der Waals surface area contributed by atoms with Gasteiger partial charge in [-0.05, 0) is 25.2 Å². The number of anilines is 2. The van der Waals surface area contributed by atoms with E-state index in [1.54, 1.807) is 4.90 Å². The molecular formula is C13H23N5O. The molecule has 0 aromatic carbocycles. The van der Waals surface area contributed by atoms with E-state index >= 15 is 0 Å². The summed E-state index contributed by atoms with van der Waals surface area (Å²) in [5.41, 5.74) is 5.69. The zero-order valence-corrected chi connectivity index (χ0v) is 12.0. The third-order valence-electron chi connectivity index (χ3n) is 3.60. The number of nitrogen functional groups attached to an aromatic ring is 1. The van der Waals surface area contributed by atoms with Crippen molar-refractivity contribution in [2.45, 2.75) is 45.1 Å². The third-order valence-corrected chi connectivity index (χ3v) is 3.60. The van der Waals surface area contributed by atoms with Crippen LogP contribution < -0.4 is 15.4 Å². The van der Waals surface area contributed by atoms with E-state index in [0.717, 1.165) is 18.8 Å². The van der Waals surface area contributed by atoms with Gasteiger partial charge in [-0.3, -0.25) is 0 Å². The Morgan fingerprint density at radius 1 is 1.26 bits per heavy atom. The molecule has 0 amide bonds. The highest BCUT2D eigenvalue weighted by atomic mass is 16.5. The summed E-state index contributed by atoms with van der Waals surface area (Å²) in [5, 5.41) is 0. The van der Waals surface area contributed by atoms with Crippen molar-refractivity contribution in [3.05, 3.63) is 0 Å². The molecule has 1 aliphatic carbocycles. The number of rotatable bonds is 4. The van der Waals surface area contributed by atoms with Crippen LogP contribution in [-0.4, -0.2) is 35.2 Å². The van der Waals surface area contributed by atoms with Crippen LogP contribution in [0.1, 0.15) is 39.0 Å². The fourth-order valence-electron chi connectivity index (χ4n) is 2.48. The van der Waals surface area contributed by atoms with Crippen LogP contribution in [0.5, 0.6) is 6.01 Å². The molecule has 0 aliphatic heterocycles. The second-order valence-electron chi connectivity index (χ2n) is 5.35. The standard InChI is InChI=1S/C13H23N5O/c1-4-9-6-5-7-10(8-9)19-13-16-11(14)15-12(17-13)18(2)3/h9-10H,4-8H2,1-3H3,(H2,14,15,16,17). The van der Waals surface area contributed by atoms with Crippen molar-refractivity contribution in [3.63, 3.8) is 0 Å². The molecule has 2 atom stereocenters. The Balaban J connectivity index is 2.06. The van der Waals surface area contributed by atoms with Gasteiger partial charge in [0.05, 0.1) is 0 Å². The number of ether oxygens (including phenoxy) is 1. The van der Waals surface area contributed by atoms with Gasteiger partial charge in [0, 0.05) is 14.1 Å². The van der Waals surface area contributed by atoms with Gasteiger partial charge in [0.15, 0.2) is 0 Å². The highest BCUT2D eigenvalue weighted by Gasteiger charge is 2.23.